The topological polar surface area (TPSA) is 70.8 Å². The highest BCUT2D eigenvalue weighted by atomic mass is 16.5. The van der Waals surface area contributed by atoms with Gasteiger partial charge in [0, 0.05) is 45.7 Å². The minimum atomic E-state index is -0.237. The summed E-state index contributed by atoms with van der Waals surface area (Å²) in [7, 11) is 2.07. The van der Waals surface area contributed by atoms with Crippen LogP contribution < -0.4 is 5.32 Å². The molecule has 0 spiro atoms. The molecule has 1 saturated heterocycles. The van der Waals surface area contributed by atoms with E-state index in [-0.39, 0.29) is 17.9 Å². The van der Waals surface area contributed by atoms with Crippen molar-refractivity contribution < 1.29 is 13.9 Å². The lowest BCUT2D eigenvalue weighted by Gasteiger charge is -2.29. The molecule has 1 aromatic heterocycles. The fourth-order valence-electron chi connectivity index (χ4n) is 4.34. The van der Waals surface area contributed by atoms with Crippen molar-refractivity contribution in [1.82, 2.24) is 20.1 Å². The van der Waals surface area contributed by atoms with Crippen LogP contribution in [0, 0.1) is 5.92 Å². The second kappa shape index (κ2) is 8.06. The van der Waals surface area contributed by atoms with Crippen LogP contribution in [-0.2, 0) is 17.7 Å². The zero-order valence-electron chi connectivity index (χ0n) is 15.7. The number of likely N-dealkylation sites (N-methyl/N-ethyl adjacent to an activating group) is 1. The third-order valence-electron chi connectivity index (χ3n) is 5.82. The van der Waals surface area contributed by atoms with Crippen molar-refractivity contribution in [3.8, 4) is 0 Å². The number of rotatable bonds is 5. The van der Waals surface area contributed by atoms with Crippen LogP contribution >= 0.6 is 0 Å². The number of hydrogen-bond acceptors (Lipinski definition) is 6. The van der Waals surface area contributed by atoms with Gasteiger partial charge in [-0.1, -0.05) is 12.8 Å². The zero-order chi connectivity index (χ0) is 17.9. The Hall–Kier alpha value is -1.44. The van der Waals surface area contributed by atoms with Crippen LogP contribution in [0.5, 0.6) is 0 Å². The minimum Gasteiger partial charge on any atom is -0.437 e. The van der Waals surface area contributed by atoms with E-state index < -0.39 is 0 Å². The summed E-state index contributed by atoms with van der Waals surface area (Å²) in [6.45, 7) is 5.93. The van der Waals surface area contributed by atoms with E-state index in [4.69, 9.17) is 9.15 Å². The van der Waals surface area contributed by atoms with Crippen LogP contribution in [-0.4, -0.2) is 73.2 Å². The summed E-state index contributed by atoms with van der Waals surface area (Å²) in [6.07, 6.45) is 6.34. The van der Waals surface area contributed by atoms with Crippen LogP contribution in [0.3, 0.4) is 0 Å². The minimum absolute atomic E-state index is 0.0317. The summed E-state index contributed by atoms with van der Waals surface area (Å²) in [5.74, 6) is 1.67. The number of nitrogens with zero attached hydrogens (tertiary/aromatic N) is 3. The van der Waals surface area contributed by atoms with Crippen LogP contribution in [0.2, 0.25) is 0 Å². The molecule has 7 nitrogen and oxygen atoms in total. The Balaban J connectivity index is 1.30. The van der Waals surface area contributed by atoms with Gasteiger partial charge in [0.15, 0.2) is 0 Å². The van der Waals surface area contributed by atoms with Gasteiger partial charge < -0.3 is 19.4 Å². The van der Waals surface area contributed by atoms with Crippen molar-refractivity contribution in [1.29, 1.82) is 0 Å². The van der Waals surface area contributed by atoms with Crippen molar-refractivity contribution in [2.24, 2.45) is 5.92 Å². The summed E-state index contributed by atoms with van der Waals surface area (Å²) in [5.41, 5.74) is 0.938. The number of nitrogens with one attached hydrogen (secondary N) is 1. The molecule has 1 aliphatic carbocycles. The maximum atomic E-state index is 12.4. The van der Waals surface area contributed by atoms with Gasteiger partial charge in [-0.15, -0.1) is 0 Å². The molecule has 1 atom stereocenters. The van der Waals surface area contributed by atoms with Crippen molar-refractivity contribution in [2.45, 2.75) is 44.8 Å². The number of ether oxygens (including phenoxy) is 1. The predicted octanol–water partition coefficient (Wildman–Crippen LogP) is 1.28. The van der Waals surface area contributed by atoms with Gasteiger partial charge in [0.1, 0.15) is 5.76 Å². The van der Waals surface area contributed by atoms with Crippen molar-refractivity contribution >= 4 is 5.91 Å². The van der Waals surface area contributed by atoms with E-state index in [9.17, 15) is 4.79 Å². The lowest BCUT2D eigenvalue weighted by molar-refractivity contribution is -0.0176. The molecule has 0 radical (unpaired) electrons. The van der Waals surface area contributed by atoms with E-state index in [2.05, 4.69) is 27.1 Å². The molecule has 0 aromatic carbocycles. The Kier molecular flexibility index (Phi) is 5.57. The van der Waals surface area contributed by atoms with Gasteiger partial charge in [0.2, 0.25) is 0 Å². The lowest BCUT2D eigenvalue weighted by Crippen LogP contribution is -2.46. The van der Waals surface area contributed by atoms with Gasteiger partial charge in [-0.05, 0) is 25.8 Å². The number of carbonyl (C=O) groups excluding carboxylic acids is 1. The molecular formula is C19H30N4O3. The number of aromatic nitrogens is 1. The standard InChI is InChI=1S/C19H30N4O3/c1-22-8-9-25-15(12-22)10-20-18(24)19-21-16-13-23(7-6-17(16)26-19)11-14-4-2-3-5-14/h14-15H,2-13H2,1H3,(H,20,24). The van der Waals surface area contributed by atoms with E-state index in [0.717, 1.165) is 56.5 Å². The molecule has 1 amide bonds. The van der Waals surface area contributed by atoms with Crippen LogP contribution in [0.4, 0.5) is 0 Å². The molecule has 7 heteroatoms. The summed E-state index contributed by atoms with van der Waals surface area (Å²) in [6, 6.07) is 0. The van der Waals surface area contributed by atoms with Crippen molar-refractivity contribution in [3.05, 3.63) is 17.3 Å². The third kappa shape index (κ3) is 4.27. The first kappa shape index (κ1) is 17.9. The van der Waals surface area contributed by atoms with Crippen LogP contribution in [0.25, 0.3) is 0 Å². The monoisotopic (exact) mass is 362 g/mol. The molecule has 3 heterocycles. The quantitative estimate of drug-likeness (QED) is 0.851. The highest BCUT2D eigenvalue weighted by Gasteiger charge is 2.27. The smallest absolute Gasteiger partial charge is 0.307 e. The Morgan fingerprint density at radius 2 is 2.15 bits per heavy atom. The first-order valence-electron chi connectivity index (χ1n) is 9.96. The maximum Gasteiger partial charge on any atom is 0.307 e. The van der Waals surface area contributed by atoms with E-state index in [0.29, 0.717) is 13.2 Å². The first-order chi connectivity index (χ1) is 12.7. The van der Waals surface area contributed by atoms with Crippen molar-refractivity contribution in [3.63, 3.8) is 0 Å². The number of amides is 1. The summed E-state index contributed by atoms with van der Waals surface area (Å²) in [5, 5.41) is 2.91. The Morgan fingerprint density at radius 3 is 2.96 bits per heavy atom. The van der Waals surface area contributed by atoms with Gasteiger partial charge >= 0.3 is 5.91 Å². The number of morpholine rings is 1. The fraction of sp³-hybridized carbons (Fsp3) is 0.789. The van der Waals surface area contributed by atoms with Gasteiger partial charge in [-0.2, -0.15) is 0 Å². The zero-order valence-corrected chi connectivity index (χ0v) is 15.7. The molecule has 1 saturated carbocycles. The SMILES string of the molecule is CN1CCOC(CNC(=O)c2nc3c(o2)CCN(CC2CCCC2)C3)C1. The van der Waals surface area contributed by atoms with E-state index >= 15 is 0 Å². The Labute approximate surface area is 155 Å². The maximum absolute atomic E-state index is 12.4. The van der Waals surface area contributed by atoms with E-state index in [1.807, 2.05) is 0 Å². The molecule has 0 bridgehead atoms. The molecule has 2 aliphatic heterocycles. The van der Waals surface area contributed by atoms with Crippen LogP contribution in [0.1, 0.15) is 47.8 Å². The van der Waals surface area contributed by atoms with E-state index in [1.54, 1.807) is 0 Å². The predicted molar refractivity (Wildman–Crippen MR) is 97.0 cm³/mol. The van der Waals surface area contributed by atoms with Crippen LogP contribution in [0.15, 0.2) is 4.42 Å². The molecule has 144 valence electrons. The van der Waals surface area contributed by atoms with Gasteiger partial charge in [0.05, 0.1) is 18.4 Å². The summed E-state index contributed by atoms with van der Waals surface area (Å²) >= 11 is 0. The van der Waals surface area contributed by atoms with Gasteiger partial charge in [-0.3, -0.25) is 9.69 Å². The molecule has 26 heavy (non-hydrogen) atoms. The highest BCUT2D eigenvalue weighted by Crippen LogP contribution is 2.28. The largest absolute Gasteiger partial charge is 0.437 e. The Bertz CT molecular complexity index is 626. The molecule has 4 rings (SSSR count). The first-order valence-corrected chi connectivity index (χ1v) is 9.96. The fourth-order valence-corrected chi connectivity index (χ4v) is 4.34. The number of oxazole rings is 1. The molecular weight excluding hydrogens is 332 g/mol. The molecule has 3 aliphatic rings. The molecule has 1 unspecified atom stereocenters. The Morgan fingerprint density at radius 1 is 1.31 bits per heavy atom. The molecule has 1 aromatic rings. The van der Waals surface area contributed by atoms with Crippen molar-refractivity contribution in [2.75, 3.05) is 46.4 Å². The molecule has 1 N–H and O–H groups in total. The van der Waals surface area contributed by atoms with E-state index in [1.165, 1.54) is 25.7 Å². The average molecular weight is 362 g/mol. The average Bonchev–Trinajstić information content (AvgIpc) is 3.29. The lowest BCUT2D eigenvalue weighted by atomic mass is 10.1. The van der Waals surface area contributed by atoms with Gasteiger partial charge in [-0.25, -0.2) is 4.98 Å². The number of fused-ring (bicyclic) bond motifs is 1. The number of hydrogen-bond donors (Lipinski definition) is 1. The summed E-state index contributed by atoms with van der Waals surface area (Å²) in [4.78, 5) is 21.6. The molecule has 2 fully saturated rings. The highest BCUT2D eigenvalue weighted by molar-refractivity contribution is 5.89. The second-order valence-corrected chi connectivity index (χ2v) is 7.99. The second-order valence-electron chi connectivity index (χ2n) is 7.99. The summed E-state index contributed by atoms with van der Waals surface area (Å²) < 4.78 is 11.4. The number of carbonyl (C=O) groups is 1. The third-order valence-corrected chi connectivity index (χ3v) is 5.82. The normalized spacial score (nSPS) is 25.3. The van der Waals surface area contributed by atoms with Gasteiger partial charge in [0.25, 0.3) is 5.89 Å².